The van der Waals surface area contributed by atoms with Crippen molar-refractivity contribution in [2.24, 2.45) is 0 Å². The molecule has 1 N–H and O–H groups in total. The van der Waals surface area contributed by atoms with Crippen LogP contribution in [0, 0.1) is 0 Å². The summed E-state index contributed by atoms with van der Waals surface area (Å²) < 4.78 is 15.6. The fraction of sp³-hybridized carbons (Fsp3) is 0.316. The maximum Gasteiger partial charge on any atom is 0.306 e. The molecule has 0 saturated heterocycles. The number of aryl methyl sites for hydroxylation is 1. The molecule has 1 heterocycles. The molecule has 0 unspecified atom stereocenters. The highest BCUT2D eigenvalue weighted by molar-refractivity contribution is 6.30. The van der Waals surface area contributed by atoms with Crippen molar-refractivity contribution in [3.8, 4) is 11.5 Å². The first kappa shape index (κ1) is 20.5. The molecule has 2 aromatic rings. The van der Waals surface area contributed by atoms with Gasteiger partial charge in [-0.05, 0) is 43.2 Å². The predicted molar refractivity (Wildman–Crippen MR) is 101 cm³/mol. The summed E-state index contributed by atoms with van der Waals surface area (Å²) in [5, 5.41) is 3.02. The number of aromatic nitrogens is 1. The Kier molecular flexibility index (Phi) is 7.43. The molecular weight excluding hydrogens is 372 g/mol. The lowest BCUT2D eigenvalue weighted by Crippen LogP contribution is -2.30. The predicted octanol–water partition coefficient (Wildman–Crippen LogP) is 3.26. The van der Waals surface area contributed by atoms with Gasteiger partial charge in [0, 0.05) is 12.6 Å². The topological polar surface area (TPSA) is 86.8 Å². The van der Waals surface area contributed by atoms with E-state index in [1.54, 1.807) is 38.5 Å². The average Bonchev–Trinajstić information content (AvgIpc) is 2.67. The minimum Gasteiger partial charge on any atom is -0.493 e. The van der Waals surface area contributed by atoms with Crippen molar-refractivity contribution in [1.29, 1.82) is 0 Å². The van der Waals surface area contributed by atoms with Gasteiger partial charge in [-0.2, -0.15) is 0 Å². The number of pyridine rings is 1. The van der Waals surface area contributed by atoms with Crippen molar-refractivity contribution < 1.29 is 23.8 Å². The number of ether oxygens (including phenoxy) is 3. The maximum atomic E-state index is 12.1. The molecule has 1 aromatic heterocycles. The largest absolute Gasteiger partial charge is 0.493 e. The fourth-order valence-corrected chi connectivity index (χ4v) is 2.38. The van der Waals surface area contributed by atoms with Gasteiger partial charge >= 0.3 is 5.97 Å². The van der Waals surface area contributed by atoms with Gasteiger partial charge in [-0.3, -0.25) is 9.59 Å². The molecule has 144 valence electrons. The number of benzene rings is 1. The lowest BCUT2D eigenvalue weighted by molar-refractivity contribution is -0.153. The number of amides is 1. The van der Waals surface area contributed by atoms with Crippen molar-refractivity contribution in [3.63, 3.8) is 0 Å². The summed E-state index contributed by atoms with van der Waals surface area (Å²) in [4.78, 5) is 28.0. The second-order valence-corrected chi connectivity index (χ2v) is 6.11. The van der Waals surface area contributed by atoms with E-state index < -0.39 is 18.0 Å². The van der Waals surface area contributed by atoms with Crippen LogP contribution in [0.3, 0.4) is 0 Å². The summed E-state index contributed by atoms with van der Waals surface area (Å²) >= 11 is 5.74. The molecule has 1 aromatic carbocycles. The summed E-state index contributed by atoms with van der Waals surface area (Å²) in [6, 6.07) is 8.58. The van der Waals surface area contributed by atoms with Crippen molar-refractivity contribution in [2.75, 3.05) is 19.5 Å². The zero-order chi connectivity index (χ0) is 19.8. The van der Waals surface area contributed by atoms with Gasteiger partial charge in [-0.25, -0.2) is 4.98 Å². The molecule has 0 spiro atoms. The summed E-state index contributed by atoms with van der Waals surface area (Å²) in [7, 11) is 3.10. The van der Waals surface area contributed by atoms with E-state index in [1.165, 1.54) is 13.1 Å². The van der Waals surface area contributed by atoms with E-state index in [0.29, 0.717) is 28.8 Å². The molecule has 7 nitrogen and oxygen atoms in total. The number of methoxy groups -OCH3 is 2. The van der Waals surface area contributed by atoms with E-state index in [0.717, 1.165) is 5.56 Å². The van der Waals surface area contributed by atoms with Crippen molar-refractivity contribution in [1.82, 2.24) is 4.98 Å². The molecule has 8 heteroatoms. The number of hydrogen-bond donors (Lipinski definition) is 1. The van der Waals surface area contributed by atoms with Crippen LogP contribution < -0.4 is 14.8 Å². The van der Waals surface area contributed by atoms with Gasteiger partial charge in [0.25, 0.3) is 5.91 Å². The normalized spacial score (nSPS) is 11.4. The minimum atomic E-state index is -0.944. The third-order valence-electron chi connectivity index (χ3n) is 3.72. The zero-order valence-corrected chi connectivity index (χ0v) is 16.1. The van der Waals surface area contributed by atoms with E-state index in [-0.39, 0.29) is 6.42 Å². The van der Waals surface area contributed by atoms with Gasteiger partial charge in [0.15, 0.2) is 17.6 Å². The lowest BCUT2D eigenvalue weighted by atomic mass is 10.1. The highest BCUT2D eigenvalue weighted by Gasteiger charge is 2.18. The Morgan fingerprint density at radius 2 is 1.89 bits per heavy atom. The van der Waals surface area contributed by atoms with Crippen LogP contribution in [0.1, 0.15) is 18.9 Å². The number of carbonyl (C=O) groups excluding carboxylic acids is 2. The van der Waals surface area contributed by atoms with Crippen molar-refractivity contribution in [2.45, 2.75) is 25.9 Å². The van der Waals surface area contributed by atoms with E-state index in [4.69, 9.17) is 25.8 Å². The number of nitrogens with one attached hydrogen (secondary N) is 1. The number of nitrogens with zero attached hydrogens (tertiary/aromatic N) is 1. The molecule has 0 aliphatic rings. The SMILES string of the molecule is COc1ccc(CCC(=O)O[C@@H](C)C(=O)Nc2ccc(Cl)cn2)cc1OC. The Morgan fingerprint density at radius 3 is 2.52 bits per heavy atom. The molecule has 2 rings (SSSR count). The number of rotatable bonds is 8. The number of esters is 1. The van der Waals surface area contributed by atoms with Crippen LogP contribution in [-0.4, -0.2) is 37.2 Å². The van der Waals surface area contributed by atoms with Gasteiger partial charge < -0.3 is 19.5 Å². The average molecular weight is 393 g/mol. The minimum absolute atomic E-state index is 0.131. The molecule has 0 saturated carbocycles. The van der Waals surface area contributed by atoms with E-state index in [1.807, 2.05) is 6.07 Å². The molecule has 0 radical (unpaired) electrons. The third kappa shape index (κ3) is 6.14. The van der Waals surface area contributed by atoms with Gasteiger partial charge in [0.1, 0.15) is 5.82 Å². The van der Waals surface area contributed by atoms with Crippen LogP contribution in [0.25, 0.3) is 0 Å². The first-order valence-electron chi connectivity index (χ1n) is 8.25. The number of halogens is 1. The van der Waals surface area contributed by atoms with Crippen molar-refractivity contribution in [3.05, 3.63) is 47.1 Å². The highest BCUT2D eigenvalue weighted by Crippen LogP contribution is 2.28. The second kappa shape index (κ2) is 9.78. The van der Waals surface area contributed by atoms with E-state index >= 15 is 0 Å². The van der Waals surface area contributed by atoms with Gasteiger partial charge in [-0.15, -0.1) is 0 Å². The van der Waals surface area contributed by atoms with E-state index in [9.17, 15) is 9.59 Å². The Hall–Kier alpha value is -2.80. The van der Waals surface area contributed by atoms with E-state index in [2.05, 4.69) is 10.3 Å². The summed E-state index contributed by atoms with van der Waals surface area (Å²) in [5.74, 6) is 0.593. The number of hydrogen-bond acceptors (Lipinski definition) is 6. The molecule has 0 aliphatic carbocycles. The van der Waals surface area contributed by atoms with Crippen LogP contribution >= 0.6 is 11.6 Å². The molecular formula is C19H21ClN2O5. The first-order chi connectivity index (χ1) is 12.9. The molecule has 27 heavy (non-hydrogen) atoms. The van der Waals surface area contributed by atoms with Crippen LogP contribution in [0.2, 0.25) is 5.02 Å². The monoisotopic (exact) mass is 392 g/mol. The Bertz CT molecular complexity index is 795. The third-order valence-corrected chi connectivity index (χ3v) is 3.95. The quantitative estimate of drug-likeness (QED) is 0.694. The van der Waals surface area contributed by atoms with Crippen molar-refractivity contribution >= 4 is 29.3 Å². The molecule has 0 fully saturated rings. The molecule has 1 amide bonds. The lowest BCUT2D eigenvalue weighted by Gasteiger charge is -2.13. The Morgan fingerprint density at radius 1 is 1.15 bits per heavy atom. The van der Waals surface area contributed by atoms with Crippen LogP contribution in [0.4, 0.5) is 5.82 Å². The van der Waals surface area contributed by atoms with Gasteiger partial charge in [0.2, 0.25) is 0 Å². The first-order valence-corrected chi connectivity index (χ1v) is 8.63. The fourth-order valence-electron chi connectivity index (χ4n) is 2.27. The molecule has 0 aliphatic heterocycles. The Labute approximate surface area is 162 Å². The maximum absolute atomic E-state index is 12.1. The van der Waals surface area contributed by atoms with Gasteiger partial charge in [0.05, 0.1) is 19.2 Å². The second-order valence-electron chi connectivity index (χ2n) is 5.67. The smallest absolute Gasteiger partial charge is 0.306 e. The van der Waals surface area contributed by atoms with Gasteiger partial charge in [-0.1, -0.05) is 17.7 Å². The summed E-state index contributed by atoms with van der Waals surface area (Å²) in [6.07, 6.45) is 1.05. The van der Waals surface area contributed by atoms with Crippen LogP contribution in [0.15, 0.2) is 36.5 Å². The standard InChI is InChI=1S/C19H21ClN2O5/c1-12(19(24)22-17-8-6-14(20)11-21-17)27-18(23)9-5-13-4-7-15(25-2)16(10-13)26-3/h4,6-8,10-12H,5,9H2,1-3H3,(H,21,22,24)/t12-/m0/s1. The van der Waals surface area contributed by atoms with Crippen LogP contribution in [-0.2, 0) is 20.7 Å². The number of carbonyl (C=O) groups is 2. The Balaban J connectivity index is 1.84. The summed E-state index contributed by atoms with van der Waals surface area (Å²) in [5.41, 5.74) is 0.895. The van der Waals surface area contributed by atoms with Crippen LogP contribution in [0.5, 0.6) is 11.5 Å². The highest BCUT2D eigenvalue weighted by atomic mass is 35.5. The number of anilines is 1. The molecule has 0 bridgehead atoms. The molecule has 1 atom stereocenters. The summed E-state index contributed by atoms with van der Waals surface area (Å²) in [6.45, 7) is 1.50. The zero-order valence-electron chi connectivity index (χ0n) is 15.3.